The van der Waals surface area contributed by atoms with Crippen molar-refractivity contribution in [2.45, 2.75) is 29.7 Å². The first-order valence-corrected chi connectivity index (χ1v) is 26.6. The number of carbonyl (C=O) groups excluding carboxylic acids is 2. The van der Waals surface area contributed by atoms with Gasteiger partial charge in [0, 0.05) is 16.8 Å². The van der Waals surface area contributed by atoms with Crippen molar-refractivity contribution in [2.24, 2.45) is 30.7 Å². The zero-order valence-electron chi connectivity index (χ0n) is 36.7. The van der Waals surface area contributed by atoms with Gasteiger partial charge >= 0.3 is 27.4 Å². The molecule has 2 heterocycles. The number of aryl methyl sites for hydroxylation is 1. The van der Waals surface area contributed by atoms with Gasteiger partial charge in [-0.3, -0.25) is 13.7 Å². The second kappa shape index (κ2) is 25.6. The van der Waals surface area contributed by atoms with Crippen LogP contribution >= 0.6 is 11.3 Å². The topological polar surface area (TPSA) is 474 Å². The molecule has 0 amide bonds. The van der Waals surface area contributed by atoms with Crippen LogP contribution in [-0.4, -0.2) is 113 Å². The molecule has 0 fully saturated rings. The Bertz CT molecular complexity index is 3920. The molecule has 0 saturated carbocycles. The molecular weight excluding hydrogens is 1110 g/mol. The minimum atomic E-state index is -5.05. The molecule has 0 atom stereocenters. The Labute approximate surface area is 422 Å². The van der Waals surface area contributed by atoms with E-state index in [4.69, 9.17) is 44.1 Å². The number of rotatable bonds is 15. The van der Waals surface area contributed by atoms with Gasteiger partial charge in [-0.1, -0.05) is 23.5 Å². The number of aromatic nitrogens is 3. The average molecular weight is 1140 g/mol. The van der Waals surface area contributed by atoms with E-state index in [0.29, 0.717) is 27.5 Å². The minimum Gasteiger partial charge on any atom is -0.505 e. The van der Waals surface area contributed by atoms with Crippen molar-refractivity contribution < 1.29 is 93.8 Å². The molecule has 0 aliphatic rings. The summed E-state index contributed by atoms with van der Waals surface area (Å²) in [6.07, 6.45) is 1.23. The van der Waals surface area contributed by atoms with E-state index in [-0.39, 0.29) is 65.1 Å². The van der Waals surface area contributed by atoms with Crippen molar-refractivity contribution in [3.8, 4) is 23.1 Å². The first-order valence-electron chi connectivity index (χ1n) is 19.3. The summed E-state index contributed by atoms with van der Waals surface area (Å²) in [6, 6.07) is 17.8. The molecule has 0 aliphatic heterocycles. The third kappa shape index (κ3) is 16.8. The van der Waals surface area contributed by atoms with Gasteiger partial charge in [0.05, 0.1) is 51.7 Å². The Hall–Kier alpha value is -8.03. The number of azo groups is 3. The summed E-state index contributed by atoms with van der Waals surface area (Å²) in [7, 11) is -20.0. The Morgan fingerprint density at radius 3 is 1.85 bits per heavy atom. The van der Waals surface area contributed by atoms with Crippen LogP contribution in [0.25, 0.3) is 26.7 Å². The average Bonchev–Trinajstić information content (AvgIpc) is 3.90. The number of nitrogens with zero attached hydrogens (tertiary/aromatic N) is 9. The third-order valence-corrected chi connectivity index (χ3v) is 12.4. The summed E-state index contributed by atoms with van der Waals surface area (Å²) in [5, 5.41) is 60.2. The quantitative estimate of drug-likeness (QED) is 0.0410. The molecule has 390 valence electrons. The van der Waals surface area contributed by atoms with E-state index in [0.717, 1.165) is 33.8 Å². The summed E-state index contributed by atoms with van der Waals surface area (Å²) in [5.74, 6) is -1.64. The molecule has 0 spiro atoms. The van der Waals surface area contributed by atoms with Crippen molar-refractivity contribution >= 4 is 124 Å². The van der Waals surface area contributed by atoms with Crippen LogP contribution in [0, 0.1) is 6.92 Å². The van der Waals surface area contributed by atoms with Gasteiger partial charge in [0.15, 0.2) is 11.4 Å². The van der Waals surface area contributed by atoms with E-state index in [1.165, 1.54) is 53.8 Å². The smallest absolute Gasteiger partial charge is 0.425 e. The van der Waals surface area contributed by atoms with Gasteiger partial charge < -0.3 is 20.1 Å². The predicted octanol–water partition coefficient (Wildman–Crippen LogP) is 5.65. The van der Waals surface area contributed by atoms with E-state index in [2.05, 4.69) is 40.8 Å². The predicted molar refractivity (Wildman–Crippen MR) is 251 cm³/mol. The Balaban J connectivity index is 0.000000984. The van der Waals surface area contributed by atoms with Crippen LogP contribution in [0.4, 0.5) is 33.6 Å². The fraction of sp³-hybridized carbons (Fsp3) is 0.132. The first kappa shape index (κ1) is 58.5. The Morgan fingerprint density at radius 1 is 0.689 bits per heavy atom. The maximum atomic E-state index is 12.7. The van der Waals surface area contributed by atoms with Crippen molar-refractivity contribution in [3.63, 3.8) is 0 Å². The summed E-state index contributed by atoms with van der Waals surface area (Å²) < 4.78 is 158. The molecule has 0 unspecified atom stereocenters. The molecule has 0 aliphatic carbocycles. The minimum absolute atomic E-state index is 0.0705. The molecule has 74 heavy (non-hydrogen) atoms. The van der Waals surface area contributed by atoms with Crippen LogP contribution in [0.5, 0.6) is 17.4 Å². The molecular formula is C38H31N9O21S6. The van der Waals surface area contributed by atoms with Gasteiger partial charge in [-0.2, -0.15) is 44.6 Å². The fourth-order valence-corrected chi connectivity index (χ4v) is 8.56. The normalized spacial score (nSPS) is 11.6. The second-order valence-electron chi connectivity index (χ2n) is 13.8. The van der Waals surface area contributed by atoms with E-state index in [9.17, 15) is 49.7 Å². The largest absolute Gasteiger partial charge is 0.505 e. The summed E-state index contributed by atoms with van der Waals surface area (Å²) in [5.41, 5.74) is 1.70. The third-order valence-electron chi connectivity index (χ3n) is 8.92. The molecule has 7 rings (SSSR count). The molecule has 2 aromatic heterocycles. The first-order chi connectivity index (χ1) is 34.7. The van der Waals surface area contributed by atoms with Gasteiger partial charge in [-0.05, 0) is 85.1 Å². The van der Waals surface area contributed by atoms with Gasteiger partial charge in [-0.25, -0.2) is 4.98 Å². The summed E-state index contributed by atoms with van der Waals surface area (Å²) in [6.45, 7) is 1.38. The molecule has 7 aromatic rings. The lowest BCUT2D eigenvalue weighted by molar-refractivity contribution is -0.191. The number of fused-ring (bicyclic) bond motifs is 2. The van der Waals surface area contributed by atoms with E-state index >= 15 is 0 Å². The molecule has 5 aromatic carbocycles. The number of aliphatic hydroxyl groups excluding tert-OH is 1. The summed E-state index contributed by atoms with van der Waals surface area (Å²) >= 11 is 1.25. The van der Waals surface area contributed by atoms with E-state index in [1.54, 1.807) is 25.1 Å². The number of ether oxygens (including phenoxy) is 1. The lowest BCUT2D eigenvalue weighted by Gasteiger charge is -2.11. The van der Waals surface area contributed by atoms with Crippen molar-refractivity contribution in [2.75, 3.05) is 12.4 Å². The van der Waals surface area contributed by atoms with E-state index in [1.807, 2.05) is 0 Å². The number of thiazole rings is 1. The van der Waals surface area contributed by atoms with Crippen LogP contribution in [-0.2, 0) is 67.8 Å². The molecule has 0 radical (unpaired) electrons. The van der Waals surface area contributed by atoms with E-state index < -0.39 is 84.4 Å². The van der Waals surface area contributed by atoms with Crippen LogP contribution in [0.1, 0.15) is 17.5 Å². The van der Waals surface area contributed by atoms with Gasteiger partial charge in [0.1, 0.15) is 27.7 Å². The second-order valence-corrected chi connectivity index (χ2v) is 20.0. The van der Waals surface area contributed by atoms with Crippen LogP contribution in [0.3, 0.4) is 0 Å². The highest BCUT2D eigenvalue weighted by atomic mass is 32.2. The number of phenols is 1. The number of aliphatic hydroxyl groups is 1. The Kier molecular flexibility index (Phi) is 20.2. The van der Waals surface area contributed by atoms with Gasteiger partial charge in [0.2, 0.25) is 11.0 Å². The van der Waals surface area contributed by atoms with Gasteiger partial charge in [-0.15, -0.1) is 55.9 Å². The van der Waals surface area contributed by atoms with Crippen LogP contribution < -0.4 is 4.74 Å². The van der Waals surface area contributed by atoms with Gasteiger partial charge in [0.25, 0.3) is 30.4 Å². The zero-order valence-corrected chi connectivity index (χ0v) is 41.6. The number of phenolic OH excluding ortho intramolecular Hbond substituents is 1. The van der Waals surface area contributed by atoms with Crippen molar-refractivity contribution in [1.82, 2.24) is 14.8 Å². The number of aromatic hydroxyl groups is 2. The number of hydrogen-bond donors (Lipinski definition) is 6. The monoisotopic (exact) mass is 1140 g/mol. The highest BCUT2D eigenvalue weighted by Gasteiger charge is 2.23. The maximum absolute atomic E-state index is 12.7. The number of benzene rings is 5. The lowest BCUT2D eigenvalue weighted by Crippen LogP contribution is -2.08. The lowest BCUT2D eigenvalue weighted by atomic mass is 10.1. The molecule has 6 N–H and O–H groups in total. The molecule has 36 heteroatoms. The highest BCUT2D eigenvalue weighted by Crippen LogP contribution is 2.43. The number of hydrogen-bond acceptors (Lipinski definition) is 27. The SMILES string of the molecule is Cc1cc(N=Nc2ccc3c(S(=O)(=O)O)c(N=Nc4cnn(-c5ccc(S(=O)(=O)O)cc5)c4O)ccc3c2O)c(OCCCS(=O)(=O)O)cc1N=Nc1nc2ccc(CO)cc2s1.O=C=O.O=S(=O)=O.O=S(=O)=O. The maximum Gasteiger partial charge on any atom is 0.425 e. The molecule has 0 bridgehead atoms. The van der Waals surface area contributed by atoms with Crippen LogP contribution in [0.2, 0.25) is 0 Å². The molecule has 0 saturated heterocycles. The molecule has 30 nitrogen and oxygen atoms in total. The van der Waals surface area contributed by atoms with Crippen LogP contribution in [0.15, 0.2) is 126 Å². The van der Waals surface area contributed by atoms with Crippen molar-refractivity contribution in [1.29, 1.82) is 0 Å². The Morgan fingerprint density at radius 2 is 1.26 bits per heavy atom. The fourth-order valence-electron chi connectivity index (χ4n) is 5.92. The standard InChI is InChI=1S/C37H31N9O13S4.CO2.2O3S/c1-20-15-30(32(59-13-2-14-61(50,51)52)17-29(20)42-45-37-39-26-10-3-21(19-47)16-33(26)60-37)43-40-27-11-9-25-24(34(27)48)8-12-28(35(25)63(56,57)58)41-44-31-18-38-46(36(31)49)22-4-6-23(7-5-22)62(53,54)55;2-1-3;2*1-4(2)3/h3-12,15-18,47-49H,2,13-14,19H2,1H3,(H,50,51,52)(H,53,54,55)(H,56,57,58);;;. The zero-order chi connectivity index (χ0) is 55.1. The highest BCUT2D eigenvalue weighted by molar-refractivity contribution is 7.86. The summed E-state index contributed by atoms with van der Waals surface area (Å²) in [4.78, 5) is 19.5. The van der Waals surface area contributed by atoms with Crippen molar-refractivity contribution in [3.05, 3.63) is 96.2 Å².